The predicted octanol–water partition coefficient (Wildman–Crippen LogP) is 5.93. The molecule has 0 aliphatic heterocycles. The molecule has 1 aliphatic rings. The van der Waals surface area contributed by atoms with Crippen molar-refractivity contribution in [3.05, 3.63) is 113 Å². The van der Waals surface area contributed by atoms with Crippen molar-refractivity contribution in [2.24, 2.45) is 0 Å². The van der Waals surface area contributed by atoms with Crippen LogP contribution < -0.4 is 5.32 Å². The van der Waals surface area contributed by atoms with Crippen LogP contribution in [0.1, 0.15) is 40.9 Å². The number of halogens is 1. The first-order chi connectivity index (χ1) is 16.7. The lowest BCUT2D eigenvalue weighted by molar-refractivity contribution is -0.116. The average Bonchev–Trinajstić information content (AvgIpc) is 2.85. The van der Waals surface area contributed by atoms with Gasteiger partial charge in [0.25, 0.3) is 0 Å². The second-order valence-electron chi connectivity index (χ2n) is 8.67. The molecule has 4 aromatic rings. The smallest absolute Gasteiger partial charge is 0.225 e. The molecular weight excluding hydrogens is 425 g/mol. The molecule has 0 radical (unpaired) electrons. The van der Waals surface area contributed by atoms with Gasteiger partial charge in [0.1, 0.15) is 5.82 Å². The average molecular weight is 452 g/mol. The molecule has 1 N–H and O–H groups in total. The Morgan fingerprint density at radius 3 is 2.38 bits per heavy atom. The molecule has 0 atom stereocenters. The van der Waals surface area contributed by atoms with Gasteiger partial charge in [-0.1, -0.05) is 60.7 Å². The molecule has 1 amide bonds. The third kappa shape index (κ3) is 5.04. The van der Waals surface area contributed by atoms with Gasteiger partial charge in [-0.3, -0.25) is 4.79 Å². The highest BCUT2D eigenvalue weighted by atomic mass is 19.1. The van der Waals surface area contributed by atoms with Gasteiger partial charge in [-0.05, 0) is 60.6 Å². The summed E-state index contributed by atoms with van der Waals surface area (Å²) < 4.78 is 13.8. The summed E-state index contributed by atoms with van der Waals surface area (Å²) in [4.78, 5) is 22.6. The maximum Gasteiger partial charge on any atom is 0.225 e. The van der Waals surface area contributed by atoms with E-state index in [-0.39, 0.29) is 11.7 Å². The van der Waals surface area contributed by atoms with Crippen LogP contribution in [0, 0.1) is 5.82 Å². The number of hydrogen-bond donors (Lipinski definition) is 1. The number of aromatic nitrogens is 2. The van der Waals surface area contributed by atoms with Gasteiger partial charge in [-0.2, -0.15) is 0 Å². The van der Waals surface area contributed by atoms with Crippen molar-refractivity contribution in [3.8, 4) is 11.3 Å². The summed E-state index contributed by atoms with van der Waals surface area (Å²) >= 11 is 0. The monoisotopic (exact) mass is 451 g/mol. The van der Waals surface area contributed by atoms with Crippen molar-refractivity contribution in [1.29, 1.82) is 0 Å². The van der Waals surface area contributed by atoms with E-state index in [0.717, 1.165) is 46.6 Å². The Kier molecular flexibility index (Phi) is 6.43. The van der Waals surface area contributed by atoms with E-state index in [9.17, 15) is 9.18 Å². The number of nitrogens with one attached hydrogen (secondary N) is 1. The molecule has 0 spiro atoms. The Balaban J connectivity index is 1.40. The number of rotatable bonds is 7. The van der Waals surface area contributed by atoms with Crippen molar-refractivity contribution in [3.63, 3.8) is 0 Å². The molecule has 0 saturated carbocycles. The van der Waals surface area contributed by atoms with E-state index in [1.807, 2.05) is 48.5 Å². The van der Waals surface area contributed by atoms with Crippen LogP contribution in [-0.2, 0) is 30.5 Å². The third-order valence-electron chi connectivity index (χ3n) is 6.18. The molecule has 0 fully saturated rings. The molecule has 0 bridgehead atoms. The SMILES string of the molecule is O=C(CCCc1ccccc1)Nc1nc2c(nc1Cc1ccccc1)-c1ccc(F)cc1CC2. The van der Waals surface area contributed by atoms with E-state index >= 15 is 0 Å². The molecule has 5 heteroatoms. The largest absolute Gasteiger partial charge is 0.309 e. The molecule has 1 heterocycles. The van der Waals surface area contributed by atoms with Crippen molar-refractivity contribution in [2.45, 2.75) is 38.5 Å². The Morgan fingerprint density at radius 1 is 0.882 bits per heavy atom. The minimum absolute atomic E-state index is 0.0576. The van der Waals surface area contributed by atoms with Crippen LogP contribution >= 0.6 is 0 Å². The lowest BCUT2D eigenvalue weighted by Gasteiger charge is -2.21. The Bertz CT molecular complexity index is 1310. The molecule has 34 heavy (non-hydrogen) atoms. The Hall–Kier alpha value is -3.86. The van der Waals surface area contributed by atoms with E-state index in [0.29, 0.717) is 31.5 Å². The second-order valence-corrected chi connectivity index (χ2v) is 8.67. The van der Waals surface area contributed by atoms with Gasteiger partial charge in [0.05, 0.1) is 17.1 Å². The maximum atomic E-state index is 13.8. The van der Waals surface area contributed by atoms with Crippen LogP contribution in [0.5, 0.6) is 0 Å². The van der Waals surface area contributed by atoms with Crippen molar-refractivity contribution in [1.82, 2.24) is 9.97 Å². The predicted molar refractivity (Wildman–Crippen MR) is 132 cm³/mol. The third-order valence-corrected chi connectivity index (χ3v) is 6.18. The molecule has 0 unspecified atom stereocenters. The molecule has 1 aliphatic carbocycles. The van der Waals surface area contributed by atoms with Gasteiger partial charge in [-0.15, -0.1) is 0 Å². The Morgan fingerprint density at radius 2 is 1.62 bits per heavy atom. The van der Waals surface area contributed by atoms with Crippen molar-refractivity contribution >= 4 is 11.7 Å². The van der Waals surface area contributed by atoms with Gasteiger partial charge >= 0.3 is 0 Å². The summed E-state index contributed by atoms with van der Waals surface area (Å²) in [6, 6.07) is 25.0. The maximum absolute atomic E-state index is 13.8. The summed E-state index contributed by atoms with van der Waals surface area (Å²) in [5, 5.41) is 3.03. The minimum atomic E-state index is -0.237. The lowest BCUT2D eigenvalue weighted by Crippen LogP contribution is -2.18. The fourth-order valence-corrected chi connectivity index (χ4v) is 4.45. The van der Waals surface area contributed by atoms with Gasteiger partial charge < -0.3 is 5.32 Å². The van der Waals surface area contributed by atoms with Crippen molar-refractivity contribution < 1.29 is 9.18 Å². The summed E-state index contributed by atoms with van der Waals surface area (Å²) in [5.74, 6) is 0.231. The quantitative estimate of drug-likeness (QED) is 0.379. The van der Waals surface area contributed by atoms with Gasteiger partial charge in [0.15, 0.2) is 5.82 Å². The Labute approximate surface area is 198 Å². The highest BCUT2D eigenvalue weighted by Crippen LogP contribution is 2.33. The first-order valence-corrected chi connectivity index (χ1v) is 11.7. The van der Waals surface area contributed by atoms with Gasteiger partial charge in [-0.25, -0.2) is 14.4 Å². The van der Waals surface area contributed by atoms with Gasteiger partial charge in [0.2, 0.25) is 5.91 Å². The fraction of sp³-hybridized carbons (Fsp3) is 0.207. The lowest BCUT2D eigenvalue weighted by atomic mass is 9.91. The molecule has 0 saturated heterocycles. The van der Waals surface area contributed by atoms with E-state index in [2.05, 4.69) is 17.4 Å². The molecular formula is C29H26FN3O. The van der Waals surface area contributed by atoms with E-state index in [1.54, 1.807) is 12.1 Å². The summed E-state index contributed by atoms with van der Waals surface area (Å²) in [6.45, 7) is 0. The number of fused-ring (bicyclic) bond motifs is 3. The zero-order chi connectivity index (χ0) is 23.3. The molecule has 170 valence electrons. The summed E-state index contributed by atoms with van der Waals surface area (Å²) in [7, 11) is 0. The normalized spacial score (nSPS) is 12.0. The van der Waals surface area contributed by atoms with Crippen LogP contribution in [0.4, 0.5) is 10.2 Å². The molecule has 4 nitrogen and oxygen atoms in total. The number of hydrogen-bond acceptors (Lipinski definition) is 3. The van der Waals surface area contributed by atoms with Crippen molar-refractivity contribution in [2.75, 3.05) is 5.32 Å². The van der Waals surface area contributed by atoms with Crippen LogP contribution in [0.25, 0.3) is 11.3 Å². The standard InChI is InChI=1S/C29H26FN3O/c30-23-15-16-24-22(19-23)14-17-25-28(24)31-26(18-21-10-5-2-6-11-21)29(32-25)33-27(34)13-7-12-20-8-3-1-4-9-20/h1-6,8-11,15-16,19H,7,12-14,17-18H2,(H,32,33,34). The summed E-state index contributed by atoms with van der Waals surface area (Å²) in [5.41, 5.74) is 6.54. The number of aryl methyl sites for hydroxylation is 3. The highest BCUT2D eigenvalue weighted by molar-refractivity contribution is 5.90. The van der Waals surface area contributed by atoms with Gasteiger partial charge in [0, 0.05) is 18.4 Å². The van der Waals surface area contributed by atoms with E-state index < -0.39 is 0 Å². The zero-order valence-corrected chi connectivity index (χ0v) is 18.9. The number of anilines is 1. The zero-order valence-electron chi connectivity index (χ0n) is 18.9. The first-order valence-electron chi connectivity index (χ1n) is 11.7. The molecule has 5 rings (SSSR count). The molecule has 1 aromatic heterocycles. The number of amides is 1. The van der Waals surface area contributed by atoms with E-state index in [1.165, 1.54) is 11.6 Å². The summed E-state index contributed by atoms with van der Waals surface area (Å²) in [6.07, 6.45) is 3.96. The van der Waals surface area contributed by atoms with E-state index in [4.69, 9.17) is 9.97 Å². The molecule has 3 aromatic carbocycles. The first kappa shape index (κ1) is 22.0. The number of nitrogens with zero attached hydrogens (tertiary/aromatic N) is 2. The second kappa shape index (κ2) is 9.96. The highest BCUT2D eigenvalue weighted by Gasteiger charge is 2.23. The van der Waals surface area contributed by atoms with Crippen LogP contribution in [0.3, 0.4) is 0 Å². The van der Waals surface area contributed by atoms with Crippen LogP contribution in [0.15, 0.2) is 78.9 Å². The van der Waals surface area contributed by atoms with Crippen LogP contribution in [0.2, 0.25) is 0 Å². The minimum Gasteiger partial charge on any atom is -0.309 e. The fourth-order valence-electron chi connectivity index (χ4n) is 4.45. The number of carbonyl (C=O) groups excluding carboxylic acids is 1. The van der Waals surface area contributed by atoms with Crippen LogP contribution in [-0.4, -0.2) is 15.9 Å². The number of benzene rings is 3. The topological polar surface area (TPSA) is 54.9 Å². The number of carbonyl (C=O) groups is 1.